The number of hydrogen-bond acceptors (Lipinski definition) is 3. The molecule has 0 bridgehead atoms. The van der Waals surface area contributed by atoms with Crippen LogP contribution in [0.4, 0.5) is 5.69 Å². The van der Waals surface area contributed by atoms with E-state index in [9.17, 15) is 4.79 Å². The molecule has 1 amide bonds. The molecule has 3 N–H and O–H groups in total. The first-order valence-electron chi connectivity index (χ1n) is 6.23. The smallest absolute Gasteiger partial charge is 0.226 e. The number of carbonyl (C=O) groups excluding carboxylic acids is 1. The lowest BCUT2D eigenvalue weighted by molar-refractivity contribution is -0.117. The second-order valence-corrected chi connectivity index (χ2v) is 5.76. The number of rotatable bonds is 4. The topological polar surface area (TPSA) is 72.9 Å². The Labute approximate surface area is 122 Å². The average molecular weight is 293 g/mol. The van der Waals surface area contributed by atoms with Gasteiger partial charge in [0.05, 0.1) is 11.4 Å². The number of nitrogens with two attached hydrogens (primary N) is 1. The Kier molecular flexibility index (Phi) is 4.11. The van der Waals surface area contributed by atoms with Crippen LogP contribution in [0.5, 0.6) is 0 Å². The van der Waals surface area contributed by atoms with Crippen LogP contribution in [0.2, 0.25) is 5.02 Å². The number of nitrogens with zero attached hydrogens (tertiary/aromatic N) is 2. The van der Waals surface area contributed by atoms with Crippen LogP contribution in [0.15, 0.2) is 36.7 Å². The second kappa shape index (κ2) is 5.64. The van der Waals surface area contributed by atoms with Crippen molar-refractivity contribution in [3.8, 4) is 5.69 Å². The van der Waals surface area contributed by atoms with Crippen molar-refractivity contribution in [2.24, 2.45) is 5.73 Å². The fraction of sp³-hybridized carbons (Fsp3) is 0.286. The number of benzene rings is 1. The van der Waals surface area contributed by atoms with Crippen LogP contribution >= 0.6 is 11.6 Å². The van der Waals surface area contributed by atoms with Gasteiger partial charge in [-0.2, -0.15) is 5.10 Å². The van der Waals surface area contributed by atoms with E-state index in [0.717, 1.165) is 5.69 Å². The normalized spacial score (nSPS) is 11.4. The Morgan fingerprint density at radius 3 is 2.85 bits per heavy atom. The first kappa shape index (κ1) is 14.6. The molecule has 1 aromatic heterocycles. The molecule has 0 spiro atoms. The van der Waals surface area contributed by atoms with Crippen molar-refractivity contribution in [1.29, 1.82) is 0 Å². The molecule has 0 aliphatic heterocycles. The molecule has 0 aliphatic rings. The molecule has 1 aromatic carbocycles. The van der Waals surface area contributed by atoms with Gasteiger partial charge in [-0.25, -0.2) is 4.68 Å². The Hall–Kier alpha value is -1.85. The molecule has 0 aliphatic carbocycles. The maximum Gasteiger partial charge on any atom is 0.226 e. The zero-order chi connectivity index (χ0) is 14.8. The van der Waals surface area contributed by atoms with E-state index in [4.69, 9.17) is 17.3 Å². The Morgan fingerprint density at radius 2 is 2.25 bits per heavy atom. The van der Waals surface area contributed by atoms with Gasteiger partial charge in [0.2, 0.25) is 5.91 Å². The van der Waals surface area contributed by atoms with Crippen molar-refractivity contribution in [2.45, 2.75) is 25.8 Å². The minimum Gasteiger partial charge on any atom is -0.325 e. The molecule has 2 rings (SSSR count). The summed E-state index contributed by atoms with van der Waals surface area (Å²) in [6, 6.07) is 7.06. The Bertz CT molecular complexity index is 602. The molecular formula is C14H17ClN4O. The van der Waals surface area contributed by atoms with Gasteiger partial charge < -0.3 is 11.1 Å². The maximum absolute atomic E-state index is 12.0. The summed E-state index contributed by atoms with van der Waals surface area (Å²) in [6.45, 7) is 3.61. The van der Waals surface area contributed by atoms with Gasteiger partial charge in [-0.3, -0.25) is 4.79 Å². The highest BCUT2D eigenvalue weighted by Gasteiger charge is 2.17. The van der Waals surface area contributed by atoms with E-state index in [-0.39, 0.29) is 12.3 Å². The van der Waals surface area contributed by atoms with Crippen molar-refractivity contribution in [3.63, 3.8) is 0 Å². The number of carbonyl (C=O) groups is 1. The predicted molar refractivity (Wildman–Crippen MR) is 80.1 cm³/mol. The average Bonchev–Trinajstić information content (AvgIpc) is 2.79. The van der Waals surface area contributed by atoms with Gasteiger partial charge in [-0.1, -0.05) is 11.6 Å². The molecule has 106 valence electrons. The van der Waals surface area contributed by atoms with Crippen LogP contribution in [0.25, 0.3) is 5.69 Å². The summed E-state index contributed by atoms with van der Waals surface area (Å²) < 4.78 is 1.67. The summed E-state index contributed by atoms with van der Waals surface area (Å²) >= 11 is 5.99. The summed E-state index contributed by atoms with van der Waals surface area (Å²) in [7, 11) is 0. The van der Waals surface area contributed by atoms with Gasteiger partial charge in [0.1, 0.15) is 0 Å². The fourth-order valence-electron chi connectivity index (χ4n) is 1.83. The fourth-order valence-corrected chi connectivity index (χ4v) is 2.00. The molecule has 0 fully saturated rings. The van der Waals surface area contributed by atoms with Crippen molar-refractivity contribution in [1.82, 2.24) is 9.78 Å². The van der Waals surface area contributed by atoms with Gasteiger partial charge >= 0.3 is 0 Å². The highest BCUT2D eigenvalue weighted by molar-refractivity contribution is 6.31. The van der Waals surface area contributed by atoms with Crippen molar-refractivity contribution < 1.29 is 4.79 Å². The molecule has 0 atom stereocenters. The molecule has 6 heteroatoms. The quantitative estimate of drug-likeness (QED) is 0.910. The maximum atomic E-state index is 12.0. The predicted octanol–water partition coefficient (Wildman–Crippen LogP) is 2.59. The molecular weight excluding hydrogens is 276 g/mol. The Balaban J connectivity index is 2.27. The third-order valence-electron chi connectivity index (χ3n) is 2.60. The summed E-state index contributed by atoms with van der Waals surface area (Å²) in [5.74, 6) is -0.159. The van der Waals surface area contributed by atoms with Crippen LogP contribution < -0.4 is 11.1 Å². The van der Waals surface area contributed by atoms with Crippen LogP contribution in [0, 0.1) is 0 Å². The molecule has 0 saturated heterocycles. The third-order valence-corrected chi connectivity index (χ3v) is 2.84. The number of hydrogen-bond donors (Lipinski definition) is 2. The molecule has 0 unspecified atom stereocenters. The van der Waals surface area contributed by atoms with Crippen molar-refractivity contribution in [2.75, 3.05) is 5.32 Å². The third kappa shape index (κ3) is 3.82. The van der Waals surface area contributed by atoms with Gasteiger partial charge in [-0.05, 0) is 38.1 Å². The monoisotopic (exact) mass is 292 g/mol. The minimum absolute atomic E-state index is 0.159. The molecule has 5 nitrogen and oxygen atoms in total. The lowest BCUT2D eigenvalue weighted by Gasteiger charge is -2.18. The molecule has 0 saturated carbocycles. The van der Waals surface area contributed by atoms with E-state index in [1.807, 2.05) is 6.07 Å². The number of amides is 1. The van der Waals surface area contributed by atoms with Gasteiger partial charge in [0.15, 0.2) is 0 Å². The zero-order valence-electron chi connectivity index (χ0n) is 11.4. The zero-order valence-corrected chi connectivity index (χ0v) is 12.2. The van der Waals surface area contributed by atoms with Crippen LogP contribution in [0.3, 0.4) is 0 Å². The highest BCUT2D eigenvalue weighted by Crippen LogP contribution is 2.24. The molecule has 20 heavy (non-hydrogen) atoms. The van der Waals surface area contributed by atoms with Crippen LogP contribution in [-0.4, -0.2) is 21.2 Å². The molecule has 2 aromatic rings. The largest absolute Gasteiger partial charge is 0.325 e. The van der Waals surface area contributed by atoms with E-state index in [2.05, 4.69) is 10.4 Å². The Morgan fingerprint density at radius 1 is 1.50 bits per heavy atom. The summed E-state index contributed by atoms with van der Waals surface area (Å²) in [5.41, 5.74) is 6.65. The first-order chi connectivity index (χ1) is 9.35. The van der Waals surface area contributed by atoms with Crippen LogP contribution in [-0.2, 0) is 4.79 Å². The summed E-state index contributed by atoms with van der Waals surface area (Å²) in [4.78, 5) is 12.0. The summed E-state index contributed by atoms with van der Waals surface area (Å²) in [6.07, 6.45) is 3.69. The summed E-state index contributed by atoms with van der Waals surface area (Å²) in [5, 5.41) is 7.53. The van der Waals surface area contributed by atoms with Crippen molar-refractivity contribution in [3.05, 3.63) is 41.7 Å². The van der Waals surface area contributed by atoms with Crippen LogP contribution in [0.1, 0.15) is 20.3 Å². The number of anilines is 1. The number of nitrogens with one attached hydrogen (secondary N) is 1. The first-order valence-corrected chi connectivity index (χ1v) is 6.61. The van der Waals surface area contributed by atoms with Gasteiger partial charge in [-0.15, -0.1) is 0 Å². The van der Waals surface area contributed by atoms with E-state index < -0.39 is 5.54 Å². The van der Waals surface area contributed by atoms with Crippen molar-refractivity contribution >= 4 is 23.2 Å². The SMILES string of the molecule is CC(C)(N)CC(=O)Nc1cc(Cl)ccc1-n1cccn1. The van der Waals surface area contributed by atoms with E-state index in [0.29, 0.717) is 10.7 Å². The second-order valence-electron chi connectivity index (χ2n) is 5.33. The lowest BCUT2D eigenvalue weighted by atomic mass is 10.0. The molecule has 1 heterocycles. The highest BCUT2D eigenvalue weighted by atomic mass is 35.5. The van der Waals surface area contributed by atoms with Gasteiger partial charge in [0, 0.05) is 29.4 Å². The van der Waals surface area contributed by atoms with Gasteiger partial charge in [0.25, 0.3) is 0 Å². The number of aromatic nitrogens is 2. The van der Waals surface area contributed by atoms with E-state index in [1.54, 1.807) is 49.1 Å². The van der Waals surface area contributed by atoms with E-state index >= 15 is 0 Å². The molecule has 0 radical (unpaired) electrons. The lowest BCUT2D eigenvalue weighted by Crippen LogP contribution is -2.36. The number of halogens is 1. The standard InChI is InChI=1S/C14H17ClN4O/c1-14(2,16)9-13(20)18-11-8-10(15)4-5-12(11)19-7-3-6-17-19/h3-8H,9,16H2,1-2H3,(H,18,20). The minimum atomic E-state index is -0.561. The van der Waals surface area contributed by atoms with E-state index in [1.165, 1.54) is 0 Å².